The molecule has 0 bridgehead atoms. The van der Waals surface area contributed by atoms with Gasteiger partial charge in [-0.15, -0.1) is 0 Å². The number of hydrogen-bond acceptors (Lipinski definition) is 2. The van der Waals surface area contributed by atoms with E-state index in [2.05, 4.69) is 4.98 Å². The molecule has 0 aromatic carbocycles. The van der Waals surface area contributed by atoms with Gasteiger partial charge in [0.05, 0.1) is 12.2 Å². The molecule has 0 saturated heterocycles. The Labute approximate surface area is 73.6 Å². The molecule has 0 N–H and O–H groups in total. The SMILES string of the molecule is CC(C)OC(C)c1cccnc1. The van der Waals surface area contributed by atoms with Crippen LogP contribution in [0.1, 0.15) is 32.4 Å². The van der Waals surface area contributed by atoms with E-state index >= 15 is 0 Å². The first-order valence-corrected chi connectivity index (χ1v) is 4.25. The Morgan fingerprint density at radius 3 is 2.58 bits per heavy atom. The monoisotopic (exact) mass is 165 g/mol. The predicted molar refractivity (Wildman–Crippen MR) is 48.9 cm³/mol. The number of ether oxygens (including phenoxy) is 1. The van der Waals surface area contributed by atoms with Crippen LogP contribution in [-0.2, 0) is 4.74 Å². The van der Waals surface area contributed by atoms with E-state index in [1.165, 1.54) is 0 Å². The quantitative estimate of drug-likeness (QED) is 0.686. The van der Waals surface area contributed by atoms with Gasteiger partial charge in [-0.2, -0.15) is 0 Å². The zero-order valence-corrected chi connectivity index (χ0v) is 7.82. The molecule has 1 unspecified atom stereocenters. The molecular weight excluding hydrogens is 150 g/mol. The highest BCUT2D eigenvalue weighted by Gasteiger charge is 2.06. The Morgan fingerprint density at radius 2 is 2.08 bits per heavy atom. The Kier molecular flexibility index (Phi) is 3.23. The van der Waals surface area contributed by atoms with Crippen molar-refractivity contribution in [2.75, 3.05) is 0 Å². The standard InChI is InChI=1S/C10H15NO/c1-8(2)12-9(3)10-5-4-6-11-7-10/h4-9H,1-3H3. The van der Waals surface area contributed by atoms with Crippen LogP contribution in [0.25, 0.3) is 0 Å². The summed E-state index contributed by atoms with van der Waals surface area (Å²) in [6, 6.07) is 3.95. The van der Waals surface area contributed by atoms with Gasteiger partial charge < -0.3 is 4.74 Å². The summed E-state index contributed by atoms with van der Waals surface area (Å²) in [4.78, 5) is 4.03. The minimum Gasteiger partial charge on any atom is -0.371 e. The fourth-order valence-corrected chi connectivity index (χ4v) is 1.10. The molecule has 2 nitrogen and oxygen atoms in total. The van der Waals surface area contributed by atoms with Crippen molar-refractivity contribution in [1.29, 1.82) is 0 Å². The van der Waals surface area contributed by atoms with Crippen molar-refractivity contribution < 1.29 is 4.74 Å². The van der Waals surface area contributed by atoms with Crippen LogP contribution in [-0.4, -0.2) is 11.1 Å². The van der Waals surface area contributed by atoms with Crippen LogP contribution in [0.4, 0.5) is 0 Å². The third-order valence-electron chi connectivity index (χ3n) is 1.63. The molecule has 0 saturated carbocycles. The maximum absolute atomic E-state index is 5.60. The first-order chi connectivity index (χ1) is 5.70. The average molecular weight is 165 g/mol. The van der Waals surface area contributed by atoms with Crippen LogP contribution in [0.15, 0.2) is 24.5 Å². The lowest BCUT2D eigenvalue weighted by molar-refractivity contribution is 0.0177. The van der Waals surface area contributed by atoms with Gasteiger partial charge >= 0.3 is 0 Å². The smallest absolute Gasteiger partial charge is 0.0815 e. The van der Waals surface area contributed by atoms with Crippen molar-refractivity contribution in [3.8, 4) is 0 Å². The van der Waals surface area contributed by atoms with Crippen LogP contribution in [0.5, 0.6) is 0 Å². The number of nitrogens with zero attached hydrogens (tertiary/aromatic N) is 1. The van der Waals surface area contributed by atoms with E-state index < -0.39 is 0 Å². The van der Waals surface area contributed by atoms with Crippen molar-refractivity contribution >= 4 is 0 Å². The molecule has 1 rings (SSSR count). The summed E-state index contributed by atoms with van der Waals surface area (Å²) in [5.41, 5.74) is 1.13. The maximum Gasteiger partial charge on any atom is 0.0815 e. The summed E-state index contributed by atoms with van der Waals surface area (Å²) >= 11 is 0. The van der Waals surface area contributed by atoms with Crippen LogP contribution >= 0.6 is 0 Å². The maximum atomic E-state index is 5.60. The molecule has 1 aromatic heterocycles. The van der Waals surface area contributed by atoms with E-state index in [9.17, 15) is 0 Å². The molecule has 0 radical (unpaired) electrons. The number of rotatable bonds is 3. The van der Waals surface area contributed by atoms with E-state index in [0.717, 1.165) is 5.56 Å². The molecule has 1 atom stereocenters. The molecule has 2 heteroatoms. The molecule has 0 spiro atoms. The summed E-state index contributed by atoms with van der Waals surface area (Å²) in [6.45, 7) is 6.11. The second-order valence-corrected chi connectivity index (χ2v) is 3.11. The first kappa shape index (κ1) is 9.20. The zero-order chi connectivity index (χ0) is 8.97. The predicted octanol–water partition coefficient (Wildman–Crippen LogP) is 2.57. The van der Waals surface area contributed by atoms with Crippen molar-refractivity contribution in [2.24, 2.45) is 0 Å². The lowest BCUT2D eigenvalue weighted by Crippen LogP contribution is -2.07. The minimum atomic E-state index is 0.138. The molecule has 0 fully saturated rings. The highest BCUT2D eigenvalue weighted by molar-refractivity contribution is 5.11. The third kappa shape index (κ3) is 2.62. The number of aromatic nitrogens is 1. The van der Waals surface area contributed by atoms with E-state index in [-0.39, 0.29) is 12.2 Å². The summed E-state index contributed by atoms with van der Waals surface area (Å²) < 4.78 is 5.60. The fourth-order valence-electron chi connectivity index (χ4n) is 1.10. The van der Waals surface area contributed by atoms with Gasteiger partial charge in [0.25, 0.3) is 0 Å². The van der Waals surface area contributed by atoms with Gasteiger partial charge in [-0.25, -0.2) is 0 Å². The Bertz CT molecular complexity index is 221. The van der Waals surface area contributed by atoms with Crippen molar-refractivity contribution in [2.45, 2.75) is 33.0 Å². The second-order valence-electron chi connectivity index (χ2n) is 3.11. The zero-order valence-electron chi connectivity index (χ0n) is 7.82. The lowest BCUT2D eigenvalue weighted by Gasteiger charge is -2.15. The van der Waals surface area contributed by atoms with Crippen molar-refractivity contribution in [3.05, 3.63) is 30.1 Å². The van der Waals surface area contributed by atoms with Gasteiger partial charge in [0.2, 0.25) is 0 Å². The summed E-state index contributed by atoms with van der Waals surface area (Å²) in [5.74, 6) is 0. The highest BCUT2D eigenvalue weighted by Crippen LogP contribution is 2.16. The van der Waals surface area contributed by atoms with Crippen LogP contribution < -0.4 is 0 Å². The summed E-state index contributed by atoms with van der Waals surface area (Å²) in [6.07, 6.45) is 4.01. The van der Waals surface area contributed by atoms with E-state index in [0.29, 0.717) is 0 Å². The largest absolute Gasteiger partial charge is 0.371 e. The van der Waals surface area contributed by atoms with Crippen molar-refractivity contribution in [3.63, 3.8) is 0 Å². The van der Waals surface area contributed by atoms with Crippen LogP contribution in [0.2, 0.25) is 0 Å². The van der Waals surface area contributed by atoms with E-state index in [1.54, 1.807) is 6.20 Å². The minimum absolute atomic E-state index is 0.138. The van der Waals surface area contributed by atoms with Gasteiger partial charge in [0, 0.05) is 12.4 Å². The third-order valence-corrected chi connectivity index (χ3v) is 1.63. The molecule has 0 aliphatic carbocycles. The second kappa shape index (κ2) is 4.21. The van der Waals surface area contributed by atoms with Gasteiger partial charge in [0.15, 0.2) is 0 Å². The summed E-state index contributed by atoms with van der Waals surface area (Å²) in [5, 5.41) is 0. The van der Waals surface area contributed by atoms with E-state index in [4.69, 9.17) is 4.74 Å². The van der Waals surface area contributed by atoms with E-state index in [1.807, 2.05) is 39.1 Å². The average Bonchev–Trinajstić information content (AvgIpc) is 2.05. The van der Waals surface area contributed by atoms with Gasteiger partial charge in [-0.1, -0.05) is 6.07 Å². The lowest BCUT2D eigenvalue weighted by atomic mass is 10.2. The first-order valence-electron chi connectivity index (χ1n) is 4.25. The van der Waals surface area contributed by atoms with Crippen molar-refractivity contribution in [1.82, 2.24) is 4.98 Å². The van der Waals surface area contributed by atoms with Gasteiger partial charge in [0.1, 0.15) is 0 Å². The molecular formula is C10H15NO. The molecule has 0 aliphatic rings. The van der Waals surface area contributed by atoms with Crippen LogP contribution in [0.3, 0.4) is 0 Å². The molecule has 0 amide bonds. The van der Waals surface area contributed by atoms with Gasteiger partial charge in [-0.05, 0) is 32.4 Å². The fraction of sp³-hybridized carbons (Fsp3) is 0.500. The number of pyridine rings is 1. The molecule has 12 heavy (non-hydrogen) atoms. The van der Waals surface area contributed by atoms with Gasteiger partial charge in [-0.3, -0.25) is 4.98 Å². The normalized spacial score (nSPS) is 13.3. The molecule has 1 aromatic rings. The molecule has 66 valence electrons. The Morgan fingerprint density at radius 1 is 1.33 bits per heavy atom. The molecule has 0 aliphatic heterocycles. The summed E-state index contributed by atoms with van der Waals surface area (Å²) in [7, 11) is 0. The number of hydrogen-bond donors (Lipinski definition) is 0. The molecule has 1 heterocycles. The highest BCUT2D eigenvalue weighted by atomic mass is 16.5. The Hall–Kier alpha value is -0.890. The Balaban J connectivity index is 2.59. The topological polar surface area (TPSA) is 22.1 Å². The van der Waals surface area contributed by atoms with Crippen LogP contribution in [0, 0.1) is 0 Å².